The molecule has 1 aromatic heterocycles. The lowest BCUT2D eigenvalue weighted by atomic mass is 10.2. The van der Waals surface area contributed by atoms with Crippen LogP contribution in [-0.2, 0) is 0 Å². The molecular formula is C7H11FN2O2. The Morgan fingerprint density at radius 2 is 2.58 bits per heavy atom. The third-order valence-electron chi connectivity index (χ3n) is 1.44. The summed E-state index contributed by atoms with van der Waals surface area (Å²) in [5, 5.41) is 3.46. The van der Waals surface area contributed by atoms with Crippen LogP contribution in [-0.4, -0.2) is 18.8 Å². The molecule has 1 atom stereocenters. The van der Waals surface area contributed by atoms with Crippen LogP contribution in [0.25, 0.3) is 0 Å². The number of hydrogen-bond donors (Lipinski definition) is 1. The highest BCUT2D eigenvalue weighted by molar-refractivity contribution is 5.12. The molecule has 1 rings (SSSR count). The SMILES string of the molecule is COc1cc(C(F)CCN)on1. The van der Waals surface area contributed by atoms with E-state index in [2.05, 4.69) is 9.68 Å². The highest BCUT2D eigenvalue weighted by atomic mass is 19.1. The van der Waals surface area contributed by atoms with E-state index in [9.17, 15) is 4.39 Å². The molecule has 0 saturated carbocycles. The highest BCUT2D eigenvalue weighted by Gasteiger charge is 2.14. The molecule has 0 spiro atoms. The van der Waals surface area contributed by atoms with Crippen molar-refractivity contribution in [1.82, 2.24) is 5.16 Å². The first kappa shape index (κ1) is 8.99. The highest BCUT2D eigenvalue weighted by Crippen LogP contribution is 2.23. The van der Waals surface area contributed by atoms with E-state index in [1.54, 1.807) is 0 Å². The van der Waals surface area contributed by atoms with Gasteiger partial charge in [0.25, 0.3) is 5.88 Å². The van der Waals surface area contributed by atoms with E-state index in [0.717, 1.165) is 0 Å². The van der Waals surface area contributed by atoms with Crippen molar-refractivity contribution in [3.8, 4) is 5.88 Å². The molecule has 0 radical (unpaired) electrons. The summed E-state index contributed by atoms with van der Waals surface area (Å²) in [5.41, 5.74) is 5.17. The summed E-state index contributed by atoms with van der Waals surface area (Å²) in [6.07, 6.45) is -0.954. The van der Waals surface area contributed by atoms with E-state index in [-0.39, 0.29) is 24.6 Å². The Bertz CT molecular complexity index is 239. The number of rotatable bonds is 4. The van der Waals surface area contributed by atoms with Crippen LogP contribution in [0.5, 0.6) is 5.88 Å². The van der Waals surface area contributed by atoms with Crippen molar-refractivity contribution in [1.29, 1.82) is 0 Å². The van der Waals surface area contributed by atoms with E-state index in [0.29, 0.717) is 0 Å². The summed E-state index contributed by atoms with van der Waals surface area (Å²) in [6, 6.07) is 1.42. The second-order valence-corrected chi connectivity index (χ2v) is 2.32. The Labute approximate surface area is 69.5 Å². The molecule has 1 heterocycles. The maximum atomic E-state index is 13.0. The minimum Gasteiger partial charge on any atom is -0.479 e. The van der Waals surface area contributed by atoms with Crippen LogP contribution >= 0.6 is 0 Å². The lowest BCUT2D eigenvalue weighted by Gasteiger charge is -1.98. The second kappa shape index (κ2) is 4.06. The average Bonchev–Trinajstić information content (AvgIpc) is 2.52. The van der Waals surface area contributed by atoms with Gasteiger partial charge >= 0.3 is 0 Å². The van der Waals surface area contributed by atoms with E-state index in [4.69, 9.17) is 10.5 Å². The minimum atomic E-state index is -1.19. The van der Waals surface area contributed by atoms with Gasteiger partial charge in [0.15, 0.2) is 11.9 Å². The van der Waals surface area contributed by atoms with Gasteiger partial charge in [-0.25, -0.2) is 4.39 Å². The summed E-state index contributed by atoms with van der Waals surface area (Å²) >= 11 is 0. The number of nitrogens with two attached hydrogens (primary N) is 1. The van der Waals surface area contributed by atoms with Crippen LogP contribution in [0.4, 0.5) is 4.39 Å². The Balaban J connectivity index is 2.61. The van der Waals surface area contributed by atoms with Gasteiger partial charge in [-0.2, -0.15) is 0 Å². The Kier molecular flexibility index (Phi) is 3.04. The normalized spacial score (nSPS) is 12.9. The van der Waals surface area contributed by atoms with E-state index < -0.39 is 6.17 Å². The largest absolute Gasteiger partial charge is 0.479 e. The van der Waals surface area contributed by atoms with Gasteiger partial charge in [0.2, 0.25) is 0 Å². The van der Waals surface area contributed by atoms with Crippen molar-refractivity contribution in [3.63, 3.8) is 0 Å². The van der Waals surface area contributed by atoms with Crippen molar-refractivity contribution in [3.05, 3.63) is 11.8 Å². The van der Waals surface area contributed by atoms with Crippen LogP contribution in [0.3, 0.4) is 0 Å². The topological polar surface area (TPSA) is 61.3 Å². The van der Waals surface area contributed by atoms with Gasteiger partial charge in [-0.15, -0.1) is 0 Å². The summed E-state index contributed by atoms with van der Waals surface area (Å²) in [4.78, 5) is 0. The minimum absolute atomic E-state index is 0.164. The van der Waals surface area contributed by atoms with Crippen LogP contribution in [0.1, 0.15) is 18.4 Å². The van der Waals surface area contributed by atoms with Crippen LogP contribution in [0, 0.1) is 0 Å². The lowest BCUT2D eigenvalue weighted by molar-refractivity contribution is 0.241. The number of halogens is 1. The van der Waals surface area contributed by atoms with Gasteiger partial charge in [0.1, 0.15) is 0 Å². The van der Waals surface area contributed by atoms with Gasteiger partial charge in [0, 0.05) is 6.07 Å². The first-order valence-electron chi connectivity index (χ1n) is 3.62. The van der Waals surface area contributed by atoms with E-state index in [1.165, 1.54) is 13.2 Å². The summed E-state index contributed by atoms with van der Waals surface area (Å²) < 4.78 is 22.4. The predicted molar refractivity (Wildman–Crippen MR) is 40.6 cm³/mol. The van der Waals surface area contributed by atoms with Crippen molar-refractivity contribution in [2.75, 3.05) is 13.7 Å². The second-order valence-electron chi connectivity index (χ2n) is 2.32. The molecule has 1 unspecified atom stereocenters. The molecule has 0 fully saturated rings. The lowest BCUT2D eigenvalue weighted by Crippen LogP contribution is -2.02. The van der Waals surface area contributed by atoms with Crippen molar-refractivity contribution in [2.45, 2.75) is 12.6 Å². The fraction of sp³-hybridized carbons (Fsp3) is 0.571. The third kappa shape index (κ3) is 1.94. The van der Waals surface area contributed by atoms with Crippen LogP contribution in [0.15, 0.2) is 10.6 Å². The van der Waals surface area contributed by atoms with Gasteiger partial charge < -0.3 is 15.0 Å². The fourth-order valence-corrected chi connectivity index (χ4v) is 0.804. The summed E-state index contributed by atoms with van der Waals surface area (Å²) in [6.45, 7) is 0.282. The number of aromatic nitrogens is 1. The van der Waals surface area contributed by atoms with Crippen molar-refractivity contribution < 1.29 is 13.7 Å². The predicted octanol–water partition coefficient (Wildman–Crippen LogP) is 1.04. The zero-order valence-electron chi connectivity index (χ0n) is 6.79. The summed E-state index contributed by atoms with van der Waals surface area (Å²) in [5.74, 6) is 0.446. The molecule has 2 N–H and O–H groups in total. The van der Waals surface area contributed by atoms with Crippen LogP contribution in [0.2, 0.25) is 0 Å². The molecule has 0 aliphatic heterocycles. The van der Waals surface area contributed by atoms with Gasteiger partial charge in [-0.05, 0) is 18.1 Å². The Morgan fingerprint density at radius 3 is 3.08 bits per heavy atom. The molecule has 0 aliphatic rings. The number of nitrogens with zero attached hydrogens (tertiary/aromatic N) is 1. The molecule has 1 aromatic rings. The number of ether oxygens (including phenoxy) is 1. The molecule has 5 heteroatoms. The molecular weight excluding hydrogens is 163 g/mol. The first-order valence-corrected chi connectivity index (χ1v) is 3.62. The van der Waals surface area contributed by atoms with Gasteiger partial charge in [0.05, 0.1) is 7.11 Å². The molecule has 0 aromatic carbocycles. The number of methoxy groups -OCH3 is 1. The molecule has 4 nitrogen and oxygen atoms in total. The molecule has 0 amide bonds. The third-order valence-corrected chi connectivity index (χ3v) is 1.44. The summed E-state index contributed by atoms with van der Waals surface area (Å²) in [7, 11) is 1.44. The van der Waals surface area contributed by atoms with Crippen LogP contribution < -0.4 is 10.5 Å². The Hall–Kier alpha value is -1.10. The van der Waals surface area contributed by atoms with Gasteiger partial charge in [-0.1, -0.05) is 0 Å². The monoisotopic (exact) mass is 174 g/mol. The number of hydrogen-bond acceptors (Lipinski definition) is 4. The molecule has 12 heavy (non-hydrogen) atoms. The molecule has 0 saturated heterocycles. The van der Waals surface area contributed by atoms with Crippen molar-refractivity contribution in [2.24, 2.45) is 5.73 Å². The fourth-order valence-electron chi connectivity index (χ4n) is 0.804. The maximum Gasteiger partial charge on any atom is 0.254 e. The van der Waals surface area contributed by atoms with E-state index in [1.807, 2.05) is 0 Å². The quantitative estimate of drug-likeness (QED) is 0.740. The van der Waals surface area contributed by atoms with Gasteiger partial charge in [-0.3, -0.25) is 0 Å². The zero-order valence-corrected chi connectivity index (χ0v) is 6.79. The smallest absolute Gasteiger partial charge is 0.254 e. The Morgan fingerprint density at radius 1 is 1.83 bits per heavy atom. The standard InChI is InChI=1S/C7H11FN2O2/c1-11-7-4-6(12-10-7)5(8)2-3-9/h4-5H,2-3,9H2,1H3. The first-order chi connectivity index (χ1) is 5.77. The maximum absolute atomic E-state index is 13.0. The number of alkyl halides is 1. The zero-order chi connectivity index (χ0) is 8.97. The van der Waals surface area contributed by atoms with Crippen molar-refractivity contribution >= 4 is 0 Å². The average molecular weight is 174 g/mol. The van der Waals surface area contributed by atoms with E-state index >= 15 is 0 Å². The molecule has 0 bridgehead atoms. The molecule has 68 valence electrons. The molecule has 0 aliphatic carbocycles.